The third-order valence-electron chi connectivity index (χ3n) is 8.94. The third-order valence-corrected chi connectivity index (χ3v) is 11.4. The maximum absolute atomic E-state index is 13.7. The van der Waals surface area contributed by atoms with Crippen molar-refractivity contribution in [3.63, 3.8) is 0 Å². The molecule has 0 radical (unpaired) electrons. The standard InChI is InChI=1S/C25H29N5O5S.C14H14N4O4S/c1-4-9-21-24-27-23(28-25(32)30(24)17(3)26-21)20-16-19(12-13-22(20)35-5-2)36(33,34)29(14-15-31)18-10-7-6-8-11-18;1-3-22-11-5-4-9(23(20)21)6-10(11)13-16-12-7-15-8(2)18(12)14(19)17-13/h6-8,10-13,16,31H,4-5,9,14-15H2,1-3H3,(H,27,28,32);4-7H,3H2,1-2H3,(H,20,21)(H,16,17,19)/p-1. The Bertz CT molecular complexity index is 2870. The molecule has 0 aliphatic carbocycles. The fraction of sp³-hybridized carbons (Fsp3) is 0.282. The molecule has 4 heterocycles. The number of anilines is 1. The van der Waals surface area contributed by atoms with Crippen LogP contribution in [0, 0.1) is 13.8 Å². The second kappa shape index (κ2) is 18.1. The lowest BCUT2D eigenvalue weighted by Gasteiger charge is -2.24. The van der Waals surface area contributed by atoms with Gasteiger partial charge in [0.2, 0.25) is 0 Å². The van der Waals surface area contributed by atoms with Crippen LogP contribution in [-0.4, -0.2) is 87.4 Å². The third kappa shape index (κ3) is 8.80. The number of sulfonamides is 1. The van der Waals surface area contributed by atoms with Gasteiger partial charge in [0.1, 0.15) is 34.8 Å². The number of aliphatic hydroxyl groups is 1. The summed E-state index contributed by atoms with van der Waals surface area (Å²) < 4.78 is 64.8. The normalized spacial score (nSPS) is 12.0. The molecular weight excluding hydrogens is 803 g/mol. The minimum Gasteiger partial charge on any atom is -0.768 e. The first kappa shape index (κ1) is 42.4. The van der Waals surface area contributed by atoms with Crippen molar-refractivity contribution in [2.75, 3.05) is 30.7 Å². The van der Waals surface area contributed by atoms with Crippen molar-refractivity contribution in [1.29, 1.82) is 0 Å². The van der Waals surface area contributed by atoms with Gasteiger partial charge in [0.25, 0.3) is 10.0 Å². The lowest BCUT2D eigenvalue weighted by atomic mass is 10.2. The van der Waals surface area contributed by atoms with E-state index in [9.17, 15) is 31.9 Å². The molecule has 18 nitrogen and oxygen atoms in total. The first-order valence-electron chi connectivity index (χ1n) is 18.6. The number of imidazole rings is 2. The zero-order valence-electron chi connectivity index (χ0n) is 32.8. The summed E-state index contributed by atoms with van der Waals surface area (Å²) in [6.07, 6.45) is 2.95. The zero-order valence-corrected chi connectivity index (χ0v) is 34.5. The predicted octanol–water partition coefficient (Wildman–Crippen LogP) is 3.96. The Morgan fingerprint density at radius 2 is 1.46 bits per heavy atom. The largest absolute Gasteiger partial charge is 0.768 e. The molecule has 0 aliphatic heterocycles. The van der Waals surface area contributed by atoms with Crippen LogP contribution in [0.3, 0.4) is 0 Å². The van der Waals surface area contributed by atoms with Gasteiger partial charge in [0, 0.05) is 4.90 Å². The van der Waals surface area contributed by atoms with E-state index in [4.69, 9.17) is 9.47 Å². The maximum Gasteiger partial charge on any atom is 0.334 e. The Balaban J connectivity index is 0.000000219. The highest BCUT2D eigenvalue weighted by Gasteiger charge is 2.27. The van der Waals surface area contributed by atoms with Crippen LogP contribution in [0.15, 0.2) is 92.3 Å². The number of H-pyrrole nitrogens is 2. The number of para-hydroxylation sites is 1. The molecule has 1 unspecified atom stereocenters. The van der Waals surface area contributed by atoms with Gasteiger partial charge < -0.3 is 19.1 Å². The Morgan fingerprint density at radius 1 is 0.831 bits per heavy atom. The van der Waals surface area contributed by atoms with Crippen LogP contribution < -0.4 is 25.2 Å². The Kier molecular flexibility index (Phi) is 13.0. The van der Waals surface area contributed by atoms with E-state index in [1.165, 1.54) is 45.3 Å². The van der Waals surface area contributed by atoms with Crippen LogP contribution in [0.5, 0.6) is 11.5 Å². The van der Waals surface area contributed by atoms with Crippen LogP contribution >= 0.6 is 0 Å². The number of aromatic nitrogens is 8. The number of rotatable bonds is 14. The molecule has 7 rings (SSSR count). The quantitative estimate of drug-likeness (QED) is 0.132. The van der Waals surface area contributed by atoms with E-state index in [-0.39, 0.29) is 34.6 Å². The molecule has 0 fully saturated rings. The first-order chi connectivity index (χ1) is 28.3. The molecule has 59 heavy (non-hydrogen) atoms. The molecule has 3 aromatic carbocycles. The van der Waals surface area contributed by atoms with E-state index in [0.717, 1.165) is 10.7 Å². The van der Waals surface area contributed by atoms with Crippen molar-refractivity contribution in [3.05, 3.63) is 111 Å². The number of ether oxygens (including phenoxy) is 2. The predicted molar refractivity (Wildman–Crippen MR) is 219 cm³/mol. The van der Waals surface area contributed by atoms with Crippen LogP contribution in [0.1, 0.15) is 44.5 Å². The van der Waals surface area contributed by atoms with Gasteiger partial charge in [-0.15, -0.1) is 0 Å². The van der Waals surface area contributed by atoms with Crippen molar-refractivity contribution in [2.24, 2.45) is 0 Å². The first-order valence-corrected chi connectivity index (χ1v) is 21.1. The highest BCUT2D eigenvalue weighted by atomic mass is 32.2. The summed E-state index contributed by atoms with van der Waals surface area (Å²) in [6, 6.07) is 17.4. The van der Waals surface area contributed by atoms with Crippen molar-refractivity contribution in [2.45, 2.75) is 57.3 Å². The highest BCUT2D eigenvalue weighted by molar-refractivity contribution is 7.92. The molecule has 3 N–H and O–H groups in total. The van der Waals surface area contributed by atoms with E-state index in [0.29, 0.717) is 76.6 Å². The van der Waals surface area contributed by atoms with E-state index in [2.05, 4.69) is 29.9 Å². The average Bonchev–Trinajstić information content (AvgIpc) is 3.76. The minimum absolute atomic E-state index is 0.0285. The fourth-order valence-electron chi connectivity index (χ4n) is 6.36. The number of hydrogen-bond acceptors (Lipinski definition) is 13. The highest BCUT2D eigenvalue weighted by Crippen LogP contribution is 2.33. The SMILES string of the molecule is CCCc1nc(C)n2c(=O)[nH]c(-c3cc(S(=O)(=O)N(CCO)c4ccccc4)ccc3OCC)nc12.CCOc1ccc(S(=O)[O-])cc1-c1nc2cnc(C)n2c(=O)[nH]1. The molecule has 310 valence electrons. The molecule has 0 spiro atoms. The summed E-state index contributed by atoms with van der Waals surface area (Å²) >= 11 is -2.40. The van der Waals surface area contributed by atoms with Crippen molar-refractivity contribution in [1.82, 2.24) is 38.7 Å². The number of nitrogens with one attached hydrogen (secondary N) is 2. The lowest BCUT2D eigenvalue weighted by molar-refractivity contribution is 0.306. The molecule has 1 atom stereocenters. The van der Waals surface area contributed by atoms with Crippen molar-refractivity contribution >= 4 is 38.1 Å². The van der Waals surface area contributed by atoms with Gasteiger partial charge >= 0.3 is 11.4 Å². The van der Waals surface area contributed by atoms with Gasteiger partial charge in [-0.3, -0.25) is 18.5 Å². The monoisotopic (exact) mass is 844 g/mol. The Hall–Kier alpha value is -6.22. The minimum atomic E-state index is -4.06. The molecule has 0 saturated heterocycles. The summed E-state index contributed by atoms with van der Waals surface area (Å²) in [7, 11) is -4.06. The van der Waals surface area contributed by atoms with Crippen LogP contribution in [-0.2, 0) is 27.5 Å². The van der Waals surface area contributed by atoms with E-state index in [1.54, 1.807) is 50.2 Å². The number of fused-ring (bicyclic) bond motifs is 2. The second-order valence-corrected chi connectivity index (χ2v) is 15.7. The number of benzene rings is 3. The molecule has 7 aromatic rings. The topological polar surface area (TPSA) is 242 Å². The van der Waals surface area contributed by atoms with Crippen LogP contribution in [0.25, 0.3) is 34.1 Å². The van der Waals surface area contributed by atoms with Gasteiger partial charge in [0.05, 0.1) is 60.0 Å². The number of nitrogens with zero attached hydrogens (tertiary/aromatic N) is 7. The molecule has 20 heteroatoms. The van der Waals surface area contributed by atoms with Crippen LogP contribution in [0.2, 0.25) is 0 Å². The summed E-state index contributed by atoms with van der Waals surface area (Å²) in [6.45, 7) is 9.31. The van der Waals surface area contributed by atoms with Crippen molar-refractivity contribution in [3.8, 4) is 34.3 Å². The number of aromatic amines is 2. The maximum atomic E-state index is 13.7. The van der Waals surface area contributed by atoms with E-state index in [1.807, 2.05) is 20.8 Å². The van der Waals surface area contributed by atoms with Gasteiger partial charge in [0.15, 0.2) is 11.3 Å². The molecule has 0 amide bonds. The summed E-state index contributed by atoms with van der Waals surface area (Å²) in [5.41, 5.74) is 1.81. The molecule has 4 aromatic heterocycles. The Morgan fingerprint density at radius 3 is 2.08 bits per heavy atom. The second-order valence-electron chi connectivity index (χ2n) is 12.8. The van der Waals surface area contributed by atoms with Crippen molar-refractivity contribution < 1.29 is 31.8 Å². The number of aryl methyl sites for hydroxylation is 3. The van der Waals surface area contributed by atoms with Gasteiger partial charge in [-0.2, -0.15) is 0 Å². The molecule has 0 saturated carbocycles. The summed E-state index contributed by atoms with van der Waals surface area (Å²) in [5, 5.41) is 9.57. The smallest absolute Gasteiger partial charge is 0.334 e. The molecule has 0 bridgehead atoms. The summed E-state index contributed by atoms with van der Waals surface area (Å²) in [4.78, 5) is 48.2. The van der Waals surface area contributed by atoms with E-state index >= 15 is 0 Å². The van der Waals surface area contributed by atoms with Gasteiger partial charge in [-0.1, -0.05) is 31.5 Å². The van der Waals surface area contributed by atoms with Gasteiger partial charge in [-0.25, -0.2) is 46.7 Å². The number of hydrogen-bond donors (Lipinski definition) is 3. The lowest BCUT2D eigenvalue weighted by Crippen LogP contribution is -2.33. The van der Waals surface area contributed by atoms with E-state index < -0.39 is 32.5 Å². The Labute approximate surface area is 340 Å². The summed E-state index contributed by atoms with van der Waals surface area (Å²) in [5.74, 6) is 2.25. The number of aliphatic hydroxyl groups excluding tert-OH is 1. The molecular formula is C39H42N9O9S2-. The molecule has 0 aliphatic rings. The average molecular weight is 845 g/mol. The zero-order chi connectivity index (χ0) is 42.4. The van der Waals surface area contributed by atoms with Crippen LogP contribution in [0.4, 0.5) is 5.69 Å². The fourth-order valence-corrected chi connectivity index (χ4v) is 8.24. The van der Waals surface area contributed by atoms with Gasteiger partial charge in [-0.05, 0) is 93.7 Å².